The van der Waals surface area contributed by atoms with Crippen molar-refractivity contribution in [2.24, 2.45) is 0 Å². The van der Waals surface area contributed by atoms with Gasteiger partial charge in [-0.3, -0.25) is 4.79 Å². The predicted octanol–water partition coefficient (Wildman–Crippen LogP) is 4.90. The second-order valence-corrected chi connectivity index (χ2v) is 6.50. The monoisotopic (exact) mass is 407 g/mol. The first kappa shape index (κ1) is 19.1. The number of rotatable bonds is 6. The van der Waals surface area contributed by atoms with E-state index in [4.69, 9.17) is 4.74 Å². The minimum absolute atomic E-state index is 0.161. The maximum atomic E-state index is 13.1. The Balaban J connectivity index is 1.98. The molecular formula is C19H19BrFNO3. The Kier molecular flexibility index (Phi) is 6.70. The zero-order chi connectivity index (χ0) is 18.4. The number of esters is 1. The highest BCUT2D eigenvalue weighted by molar-refractivity contribution is 9.10. The summed E-state index contributed by atoms with van der Waals surface area (Å²) in [4.78, 5) is 24.1. The fourth-order valence-electron chi connectivity index (χ4n) is 2.31. The standard InChI is InChI=1S/C19H19BrFNO3/c1-3-12(2)14-6-4-5-7-17(14)22-18(23)11-25-19(24)15-9-8-13(21)10-16(15)20/h4-10,12H,3,11H2,1-2H3,(H,22,23)/t12-/m0/s1. The van der Waals surface area contributed by atoms with Gasteiger partial charge in [-0.05, 0) is 58.1 Å². The maximum absolute atomic E-state index is 13.1. The number of nitrogens with one attached hydrogen (secondary N) is 1. The SMILES string of the molecule is CC[C@H](C)c1ccccc1NC(=O)COC(=O)c1ccc(F)cc1Br. The fraction of sp³-hybridized carbons (Fsp3) is 0.263. The molecule has 6 heteroatoms. The second-order valence-electron chi connectivity index (χ2n) is 5.65. The molecule has 0 aliphatic rings. The number of carbonyl (C=O) groups excluding carboxylic acids is 2. The number of amides is 1. The van der Waals surface area contributed by atoms with Crippen LogP contribution in [0.1, 0.15) is 42.1 Å². The molecule has 0 spiro atoms. The van der Waals surface area contributed by atoms with Gasteiger partial charge in [0.05, 0.1) is 5.56 Å². The van der Waals surface area contributed by atoms with Crippen LogP contribution in [0.3, 0.4) is 0 Å². The number of anilines is 1. The number of benzene rings is 2. The zero-order valence-electron chi connectivity index (χ0n) is 14.0. The van der Waals surface area contributed by atoms with Crippen molar-refractivity contribution in [2.45, 2.75) is 26.2 Å². The number of halogens is 2. The zero-order valence-corrected chi connectivity index (χ0v) is 15.6. The molecule has 25 heavy (non-hydrogen) atoms. The lowest BCUT2D eigenvalue weighted by Gasteiger charge is -2.15. The number of hydrogen-bond donors (Lipinski definition) is 1. The maximum Gasteiger partial charge on any atom is 0.339 e. The molecule has 0 aromatic heterocycles. The molecule has 2 rings (SSSR count). The first-order valence-corrected chi connectivity index (χ1v) is 8.72. The van der Waals surface area contributed by atoms with Gasteiger partial charge in [-0.25, -0.2) is 9.18 Å². The van der Waals surface area contributed by atoms with Crippen molar-refractivity contribution in [3.63, 3.8) is 0 Å². The molecule has 2 aromatic rings. The molecule has 4 nitrogen and oxygen atoms in total. The number of ether oxygens (including phenoxy) is 1. The van der Waals surface area contributed by atoms with Gasteiger partial charge in [-0.2, -0.15) is 0 Å². The lowest BCUT2D eigenvalue weighted by molar-refractivity contribution is -0.119. The quantitative estimate of drug-likeness (QED) is 0.692. The van der Waals surface area contributed by atoms with Crippen molar-refractivity contribution < 1.29 is 18.7 Å². The van der Waals surface area contributed by atoms with E-state index in [-0.39, 0.29) is 10.0 Å². The second kappa shape index (κ2) is 8.76. The third-order valence-corrected chi connectivity index (χ3v) is 4.52. The van der Waals surface area contributed by atoms with E-state index in [2.05, 4.69) is 35.1 Å². The van der Waals surface area contributed by atoms with Crippen LogP contribution in [0.15, 0.2) is 46.9 Å². The molecule has 1 atom stereocenters. The van der Waals surface area contributed by atoms with E-state index in [9.17, 15) is 14.0 Å². The van der Waals surface area contributed by atoms with Gasteiger partial charge in [-0.1, -0.05) is 32.0 Å². The summed E-state index contributed by atoms with van der Waals surface area (Å²) in [5, 5.41) is 2.77. The van der Waals surface area contributed by atoms with Crippen molar-refractivity contribution in [3.05, 3.63) is 63.9 Å². The molecule has 1 amide bonds. The lowest BCUT2D eigenvalue weighted by Crippen LogP contribution is -2.22. The summed E-state index contributed by atoms with van der Waals surface area (Å²) in [6, 6.07) is 11.2. The van der Waals surface area contributed by atoms with Crippen LogP contribution in [0.4, 0.5) is 10.1 Å². The molecule has 0 fully saturated rings. The summed E-state index contributed by atoms with van der Waals surface area (Å²) < 4.78 is 18.3. The topological polar surface area (TPSA) is 55.4 Å². The van der Waals surface area contributed by atoms with Crippen LogP contribution >= 0.6 is 15.9 Å². The van der Waals surface area contributed by atoms with Crippen molar-refractivity contribution in [2.75, 3.05) is 11.9 Å². The minimum atomic E-state index is -0.697. The Hall–Kier alpha value is -2.21. The number of para-hydroxylation sites is 1. The Morgan fingerprint density at radius 3 is 2.64 bits per heavy atom. The minimum Gasteiger partial charge on any atom is -0.452 e. The Morgan fingerprint density at radius 2 is 1.96 bits per heavy atom. The molecule has 0 aliphatic carbocycles. The Labute approximate surface area is 154 Å². The molecule has 2 aromatic carbocycles. The van der Waals surface area contributed by atoms with Crippen LogP contribution in [-0.2, 0) is 9.53 Å². The summed E-state index contributed by atoms with van der Waals surface area (Å²) in [5.74, 6) is -1.29. The molecule has 0 radical (unpaired) electrons. The van der Waals surface area contributed by atoms with Gasteiger partial charge in [-0.15, -0.1) is 0 Å². The lowest BCUT2D eigenvalue weighted by atomic mass is 9.97. The van der Waals surface area contributed by atoms with Gasteiger partial charge in [0.25, 0.3) is 5.91 Å². The molecule has 0 heterocycles. The average Bonchev–Trinajstić information content (AvgIpc) is 2.59. The van der Waals surface area contributed by atoms with Gasteiger partial charge in [0.2, 0.25) is 0 Å². The van der Waals surface area contributed by atoms with Crippen LogP contribution in [0.5, 0.6) is 0 Å². The van der Waals surface area contributed by atoms with Gasteiger partial charge >= 0.3 is 5.97 Å². The molecular weight excluding hydrogens is 389 g/mol. The van der Waals surface area contributed by atoms with Crippen LogP contribution in [0, 0.1) is 5.82 Å². The summed E-state index contributed by atoms with van der Waals surface area (Å²) >= 11 is 3.10. The van der Waals surface area contributed by atoms with Crippen molar-refractivity contribution in [1.29, 1.82) is 0 Å². The number of carbonyl (C=O) groups is 2. The average molecular weight is 408 g/mol. The normalized spacial score (nSPS) is 11.7. The fourth-order valence-corrected chi connectivity index (χ4v) is 2.82. The first-order chi connectivity index (χ1) is 11.9. The van der Waals surface area contributed by atoms with E-state index >= 15 is 0 Å². The van der Waals surface area contributed by atoms with Crippen molar-refractivity contribution >= 4 is 33.5 Å². The van der Waals surface area contributed by atoms with E-state index in [1.54, 1.807) is 0 Å². The third kappa shape index (κ3) is 5.13. The first-order valence-electron chi connectivity index (χ1n) is 7.93. The Bertz CT molecular complexity index is 779. The highest BCUT2D eigenvalue weighted by Crippen LogP contribution is 2.26. The van der Waals surface area contributed by atoms with Crippen molar-refractivity contribution in [3.8, 4) is 0 Å². The Morgan fingerprint density at radius 1 is 1.24 bits per heavy atom. The van der Waals surface area contributed by atoms with Crippen LogP contribution in [0.2, 0.25) is 0 Å². The van der Waals surface area contributed by atoms with Gasteiger partial charge < -0.3 is 10.1 Å². The summed E-state index contributed by atoms with van der Waals surface area (Å²) in [5.41, 5.74) is 1.90. The molecule has 1 N–H and O–H groups in total. The van der Waals surface area contributed by atoms with Crippen molar-refractivity contribution in [1.82, 2.24) is 0 Å². The smallest absolute Gasteiger partial charge is 0.339 e. The third-order valence-electron chi connectivity index (χ3n) is 3.86. The number of hydrogen-bond acceptors (Lipinski definition) is 3. The van der Waals surface area contributed by atoms with E-state index in [0.29, 0.717) is 11.6 Å². The van der Waals surface area contributed by atoms with E-state index < -0.39 is 24.3 Å². The van der Waals surface area contributed by atoms with Gasteiger partial charge in [0.1, 0.15) is 5.82 Å². The van der Waals surface area contributed by atoms with Crippen LogP contribution in [-0.4, -0.2) is 18.5 Å². The highest BCUT2D eigenvalue weighted by atomic mass is 79.9. The summed E-state index contributed by atoms with van der Waals surface area (Å²) in [7, 11) is 0. The van der Waals surface area contributed by atoms with Crippen LogP contribution in [0.25, 0.3) is 0 Å². The molecule has 0 saturated carbocycles. The largest absolute Gasteiger partial charge is 0.452 e. The van der Waals surface area contributed by atoms with E-state index in [0.717, 1.165) is 18.1 Å². The molecule has 0 saturated heterocycles. The van der Waals surface area contributed by atoms with Gasteiger partial charge in [0, 0.05) is 10.2 Å². The highest BCUT2D eigenvalue weighted by Gasteiger charge is 2.15. The molecule has 0 unspecified atom stereocenters. The summed E-state index contributed by atoms with van der Waals surface area (Å²) in [6.45, 7) is 3.74. The predicted molar refractivity (Wildman–Crippen MR) is 98.2 cm³/mol. The van der Waals surface area contributed by atoms with Crippen LogP contribution < -0.4 is 5.32 Å². The van der Waals surface area contributed by atoms with E-state index in [1.165, 1.54) is 12.1 Å². The van der Waals surface area contributed by atoms with Gasteiger partial charge in [0.15, 0.2) is 6.61 Å². The molecule has 132 valence electrons. The summed E-state index contributed by atoms with van der Waals surface area (Å²) in [6.07, 6.45) is 0.945. The van der Waals surface area contributed by atoms with E-state index in [1.807, 2.05) is 24.3 Å². The molecule has 0 aliphatic heterocycles. The molecule has 0 bridgehead atoms.